The number of hydrogen-bond donors (Lipinski definition) is 0. The van der Waals surface area contributed by atoms with Crippen LogP contribution >= 0.6 is 0 Å². The monoisotopic (exact) mass is 935 g/mol. The molecular formula is C61H106O6. The van der Waals surface area contributed by atoms with Gasteiger partial charge >= 0.3 is 17.9 Å². The van der Waals surface area contributed by atoms with Crippen molar-refractivity contribution in [2.24, 2.45) is 0 Å². The summed E-state index contributed by atoms with van der Waals surface area (Å²) in [4.78, 5) is 38.1. The molecule has 0 fully saturated rings. The molecule has 0 bridgehead atoms. The van der Waals surface area contributed by atoms with Crippen molar-refractivity contribution in [2.75, 3.05) is 13.2 Å². The molecule has 0 rings (SSSR count). The molecule has 0 saturated carbocycles. The van der Waals surface area contributed by atoms with Gasteiger partial charge in [-0.25, -0.2) is 0 Å². The van der Waals surface area contributed by atoms with Crippen LogP contribution in [0.15, 0.2) is 72.9 Å². The van der Waals surface area contributed by atoms with Crippen molar-refractivity contribution in [3.05, 3.63) is 72.9 Å². The van der Waals surface area contributed by atoms with Crippen molar-refractivity contribution in [3.63, 3.8) is 0 Å². The number of hydrogen-bond acceptors (Lipinski definition) is 6. The number of rotatable bonds is 51. The Balaban J connectivity index is 4.43. The predicted octanol–water partition coefficient (Wildman–Crippen LogP) is 19.0. The zero-order valence-corrected chi connectivity index (χ0v) is 44.2. The van der Waals surface area contributed by atoms with Gasteiger partial charge in [-0.15, -0.1) is 0 Å². The van der Waals surface area contributed by atoms with Crippen LogP contribution in [0.5, 0.6) is 0 Å². The van der Waals surface area contributed by atoms with Crippen LogP contribution in [0.25, 0.3) is 0 Å². The summed E-state index contributed by atoms with van der Waals surface area (Å²) in [5.41, 5.74) is 0. The minimum Gasteiger partial charge on any atom is -0.462 e. The second-order valence-electron chi connectivity index (χ2n) is 18.8. The summed E-state index contributed by atoms with van der Waals surface area (Å²) in [6, 6.07) is 0. The van der Waals surface area contributed by atoms with Gasteiger partial charge in [0.1, 0.15) is 13.2 Å². The molecule has 0 spiro atoms. The van der Waals surface area contributed by atoms with Gasteiger partial charge in [0.25, 0.3) is 0 Å². The van der Waals surface area contributed by atoms with Crippen molar-refractivity contribution in [1.82, 2.24) is 0 Å². The molecule has 0 radical (unpaired) electrons. The molecule has 0 amide bonds. The number of allylic oxidation sites excluding steroid dienone is 12. The molecule has 6 heteroatoms. The highest BCUT2D eigenvalue weighted by Crippen LogP contribution is 2.15. The summed E-state index contributed by atoms with van der Waals surface area (Å²) in [7, 11) is 0. The van der Waals surface area contributed by atoms with Crippen LogP contribution in [-0.4, -0.2) is 37.2 Å². The Labute approximate surface area is 414 Å². The molecule has 6 nitrogen and oxygen atoms in total. The highest BCUT2D eigenvalue weighted by Gasteiger charge is 2.19. The largest absolute Gasteiger partial charge is 0.462 e. The van der Waals surface area contributed by atoms with Gasteiger partial charge in [-0.05, 0) is 103 Å². The molecule has 67 heavy (non-hydrogen) atoms. The predicted molar refractivity (Wildman–Crippen MR) is 288 cm³/mol. The fraction of sp³-hybridized carbons (Fsp3) is 0.754. The second-order valence-corrected chi connectivity index (χ2v) is 18.8. The molecular weight excluding hydrogens is 829 g/mol. The molecule has 0 saturated heterocycles. The minimum atomic E-state index is -0.794. The van der Waals surface area contributed by atoms with Crippen LogP contribution in [0.1, 0.15) is 278 Å². The van der Waals surface area contributed by atoms with E-state index in [1.807, 2.05) is 0 Å². The normalized spacial score (nSPS) is 12.6. The van der Waals surface area contributed by atoms with E-state index in [4.69, 9.17) is 14.2 Å². The Kier molecular flexibility index (Phi) is 52.8. The van der Waals surface area contributed by atoms with E-state index < -0.39 is 6.10 Å². The Morgan fingerprint density at radius 1 is 0.328 bits per heavy atom. The summed E-state index contributed by atoms with van der Waals surface area (Å²) in [6.07, 6.45) is 70.3. The van der Waals surface area contributed by atoms with Gasteiger partial charge in [0.05, 0.1) is 0 Å². The van der Waals surface area contributed by atoms with Crippen molar-refractivity contribution in [2.45, 2.75) is 284 Å². The lowest BCUT2D eigenvalue weighted by molar-refractivity contribution is -0.167. The van der Waals surface area contributed by atoms with Crippen molar-refractivity contribution < 1.29 is 28.6 Å². The van der Waals surface area contributed by atoms with E-state index in [-0.39, 0.29) is 31.1 Å². The van der Waals surface area contributed by atoms with Gasteiger partial charge in [0.15, 0.2) is 6.10 Å². The number of carbonyl (C=O) groups is 3. The van der Waals surface area contributed by atoms with E-state index in [1.165, 1.54) is 128 Å². The lowest BCUT2D eigenvalue weighted by Crippen LogP contribution is -2.30. The van der Waals surface area contributed by atoms with Crippen LogP contribution in [-0.2, 0) is 28.6 Å². The number of unbranched alkanes of at least 4 members (excludes halogenated alkanes) is 29. The smallest absolute Gasteiger partial charge is 0.306 e. The van der Waals surface area contributed by atoms with Gasteiger partial charge in [0, 0.05) is 19.3 Å². The third kappa shape index (κ3) is 53.7. The van der Waals surface area contributed by atoms with Crippen LogP contribution in [0, 0.1) is 0 Å². The molecule has 0 N–H and O–H groups in total. The Morgan fingerprint density at radius 3 is 1.01 bits per heavy atom. The number of carbonyl (C=O) groups excluding carboxylic acids is 3. The Hall–Kier alpha value is -3.15. The van der Waals surface area contributed by atoms with Crippen LogP contribution in [0.2, 0.25) is 0 Å². The van der Waals surface area contributed by atoms with E-state index in [1.54, 1.807) is 0 Å². The van der Waals surface area contributed by atoms with Gasteiger partial charge in [-0.1, -0.05) is 229 Å². The topological polar surface area (TPSA) is 78.9 Å². The highest BCUT2D eigenvalue weighted by molar-refractivity contribution is 5.71. The summed E-state index contributed by atoms with van der Waals surface area (Å²) in [5, 5.41) is 0. The van der Waals surface area contributed by atoms with Gasteiger partial charge in [0.2, 0.25) is 0 Å². The Bertz CT molecular complexity index is 1260. The molecule has 0 aromatic rings. The first kappa shape index (κ1) is 63.8. The third-order valence-electron chi connectivity index (χ3n) is 12.2. The van der Waals surface area contributed by atoms with Crippen LogP contribution in [0.3, 0.4) is 0 Å². The van der Waals surface area contributed by atoms with Crippen molar-refractivity contribution >= 4 is 17.9 Å². The van der Waals surface area contributed by atoms with E-state index in [0.29, 0.717) is 19.3 Å². The molecule has 0 aliphatic carbocycles. The summed E-state index contributed by atoms with van der Waals surface area (Å²) >= 11 is 0. The van der Waals surface area contributed by atoms with Crippen molar-refractivity contribution in [3.8, 4) is 0 Å². The highest BCUT2D eigenvalue weighted by atomic mass is 16.6. The average Bonchev–Trinajstić information content (AvgIpc) is 3.33. The zero-order valence-electron chi connectivity index (χ0n) is 44.2. The van der Waals surface area contributed by atoms with E-state index in [0.717, 1.165) is 109 Å². The van der Waals surface area contributed by atoms with E-state index in [2.05, 4.69) is 93.7 Å². The summed E-state index contributed by atoms with van der Waals surface area (Å²) in [6.45, 7) is 6.50. The first-order valence-corrected chi connectivity index (χ1v) is 28.5. The lowest BCUT2D eigenvalue weighted by Gasteiger charge is -2.18. The standard InChI is InChI=1S/C61H106O6/c1-4-7-10-13-16-19-22-25-28-30-32-33-36-39-42-45-48-51-54-60(63)66-57-58(56-65-59(62)53-50-47-44-41-38-35-27-24-21-18-15-12-9-6-3)67-61(64)55-52-49-46-43-40-37-34-31-29-26-23-20-17-14-11-8-5-2/h9,12,18,21,26-30,32-33,35,58H,4-8,10-11,13-17,19-20,22-25,31,34,36-57H2,1-3H3/b12-9-,21-18-,29-26-,30-28-,33-32-,35-27-. The van der Waals surface area contributed by atoms with Gasteiger partial charge < -0.3 is 14.2 Å². The molecule has 1 atom stereocenters. The van der Waals surface area contributed by atoms with Gasteiger partial charge in [-0.2, -0.15) is 0 Å². The second kappa shape index (κ2) is 55.4. The SMILES string of the molecule is CC/C=C\C/C=C\C/C=C\CCCCCCC(=O)OCC(COC(=O)CCCCCCC/C=C\C=C/CCCCCCCCC)OC(=O)CCCCCCCCC/C=C\CCCCCCCC. The van der Waals surface area contributed by atoms with E-state index in [9.17, 15) is 14.4 Å². The molecule has 0 aliphatic heterocycles. The number of esters is 3. The molecule has 386 valence electrons. The lowest BCUT2D eigenvalue weighted by atomic mass is 10.1. The van der Waals surface area contributed by atoms with Crippen molar-refractivity contribution in [1.29, 1.82) is 0 Å². The van der Waals surface area contributed by atoms with Crippen LogP contribution < -0.4 is 0 Å². The quantitative estimate of drug-likeness (QED) is 0.0199. The maximum Gasteiger partial charge on any atom is 0.306 e. The molecule has 0 aliphatic rings. The van der Waals surface area contributed by atoms with Gasteiger partial charge in [-0.3, -0.25) is 14.4 Å². The maximum absolute atomic E-state index is 12.8. The first-order valence-electron chi connectivity index (χ1n) is 28.5. The molecule has 0 heterocycles. The molecule has 0 aromatic carbocycles. The first-order chi connectivity index (χ1) is 33.0. The third-order valence-corrected chi connectivity index (χ3v) is 12.2. The van der Waals surface area contributed by atoms with E-state index >= 15 is 0 Å². The molecule has 1 unspecified atom stereocenters. The zero-order chi connectivity index (χ0) is 48.6. The Morgan fingerprint density at radius 2 is 0.627 bits per heavy atom. The summed E-state index contributed by atoms with van der Waals surface area (Å²) in [5.74, 6) is -0.926. The maximum atomic E-state index is 12.8. The average molecular weight is 936 g/mol. The fourth-order valence-electron chi connectivity index (χ4n) is 7.91. The molecule has 0 aromatic heterocycles. The summed E-state index contributed by atoms with van der Waals surface area (Å²) < 4.78 is 16.8. The minimum absolute atomic E-state index is 0.0921. The number of ether oxygens (including phenoxy) is 3. The fourth-order valence-corrected chi connectivity index (χ4v) is 7.91. The van der Waals surface area contributed by atoms with Crippen LogP contribution in [0.4, 0.5) is 0 Å².